The molecule has 0 radical (unpaired) electrons. The van der Waals surface area contributed by atoms with Crippen LogP contribution in [-0.4, -0.2) is 34.6 Å². The summed E-state index contributed by atoms with van der Waals surface area (Å²) in [4.78, 5) is 15.7. The molecule has 1 aromatic rings. The lowest BCUT2D eigenvalue weighted by Gasteiger charge is -2.27. The average molecular weight is 388 g/mol. The van der Waals surface area contributed by atoms with Crippen LogP contribution >= 0.6 is 0 Å². The average Bonchev–Trinajstić information content (AvgIpc) is 2.44. The van der Waals surface area contributed by atoms with Gasteiger partial charge in [0.1, 0.15) is 5.56 Å². The van der Waals surface area contributed by atoms with Crippen molar-refractivity contribution >= 4 is 5.97 Å². The van der Waals surface area contributed by atoms with Crippen LogP contribution in [0.3, 0.4) is 0 Å². The van der Waals surface area contributed by atoms with Gasteiger partial charge in [0.15, 0.2) is 5.69 Å². The lowest BCUT2D eigenvalue weighted by Crippen LogP contribution is -2.51. The highest BCUT2D eigenvalue weighted by Crippen LogP contribution is 2.51. The quantitative estimate of drug-likeness (QED) is 0.579. The maximum absolute atomic E-state index is 13.4. The second-order valence-corrected chi connectivity index (χ2v) is 4.32. The van der Waals surface area contributed by atoms with E-state index in [1.807, 2.05) is 4.98 Å². The van der Waals surface area contributed by atoms with E-state index in [2.05, 4.69) is 9.72 Å². The number of esters is 1. The Labute approximate surface area is 131 Å². The molecule has 0 amide bonds. The molecule has 4 nitrogen and oxygen atoms in total. The summed E-state index contributed by atoms with van der Waals surface area (Å²) >= 11 is 0. The summed E-state index contributed by atoms with van der Waals surface area (Å²) in [5.41, 5.74) is -3.96. The van der Waals surface area contributed by atoms with E-state index in [1.165, 1.54) is 6.92 Å². The van der Waals surface area contributed by atoms with Crippen molar-refractivity contribution in [3.8, 4) is 0 Å². The van der Waals surface area contributed by atoms with Gasteiger partial charge in [-0.1, -0.05) is 0 Å². The van der Waals surface area contributed by atoms with E-state index >= 15 is 0 Å². The molecular formula is C11H6F10N2O2. The van der Waals surface area contributed by atoms with Gasteiger partial charge in [0, 0.05) is 6.20 Å². The van der Waals surface area contributed by atoms with Crippen LogP contribution in [0, 0.1) is 0 Å². The van der Waals surface area contributed by atoms with Crippen molar-refractivity contribution in [3.05, 3.63) is 23.3 Å². The third-order valence-corrected chi connectivity index (χ3v) is 2.58. The highest BCUT2D eigenvalue weighted by Gasteiger charge is 2.75. The molecule has 0 aromatic carbocycles. The molecule has 1 aromatic heterocycles. The number of carbonyl (C=O) groups excluding carboxylic acids is 1. The molecule has 0 atom stereocenters. The first-order chi connectivity index (χ1) is 11.1. The van der Waals surface area contributed by atoms with E-state index < -0.39 is 53.9 Å². The van der Waals surface area contributed by atoms with E-state index in [4.69, 9.17) is 0 Å². The topological polar surface area (TPSA) is 52.1 Å². The number of carbonyl (C=O) groups is 1. The SMILES string of the molecule is CCOC(=O)c1cnc(C(F)(F)C(F)(F)C(F)(F)F)nc1C(F)(F)F. The van der Waals surface area contributed by atoms with Crippen LogP contribution in [0.15, 0.2) is 6.20 Å². The Kier molecular flexibility index (Phi) is 5.26. The van der Waals surface area contributed by atoms with Crippen LogP contribution in [0.4, 0.5) is 43.9 Å². The Morgan fingerprint density at radius 3 is 1.96 bits per heavy atom. The van der Waals surface area contributed by atoms with Gasteiger partial charge >= 0.3 is 30.2 Å². The summed E-state index contributed by atoms with van der Waals surface area (Å²) in [5.74, 6) is -17.5. The summed E-state index contributed by atoms with van der Waals surface area (Å²) in [6.07, 6.45) is -12.7. The van der Waals surface area contributed by atoms with Crippen molar-refractivity contribution in [2.24, 2.45) is 0 Å². The number of hydrogen-bond donors (Lipinski definition) is 0. The summed E-state index contributed by atoms with van der Waals surface area (Å²) in [5, 5.41) is 0. The van der Waals surface area contributed by atoms with E-state index in [-0.39, 0.29) is 6.20 Å². The largest absolute Gasteiger partial charge is 0.462 e. The van der Waals surface area contributed by atoms with Crippen molar-refractivity contribution in [1.29, 1.82) is 0 Å². The number of rotatable bonds is 4. The highest BCUT2D eigenvalue weighted by atomic mass is 19.4. The molecular weight excluding hydrogens is 382 g/mol. The van der Waals surface area contributed by atoms with Crippen molar-refractivity contribution in [1.82, 2.24) is 9.97 Å². The lowest BCUT2D eigenvalue weighted by molar-refractivity contribution is -0.361. The Balaban J connectivity index is 3.57. The molecule has 1 rings (SSSR count). The van der Waals surface area contributed by atoms with Gasteiger partial charge in [0.05, 0.1) is 6.61 Å². The first-order valence-electron chi connectivity index (χ1n) is 6.01. The van der Waals surface area contributed by atoms with Crippen LogP contribution < -0.4 is 0 Å². The maximum Gasteiger partial charge on any atom is 0.460 e. The predicted octanol–water partition coefficient (Wildman–Crippen LogP) is 3.96. The molecule has 0 aliphatic rings. The normalized spacial score (nSPS) is 13.7. The van der Waals surface area contributed by atoms with E-state index in [0.717, 1.165) is 0 Å². The molecule has 0 aliphatic heterocycles. The number of ether oxygens (including phenoxy) is 1. The van der Waals surface area contributed by atoms with Gasteiger partial charge in [-0.15, -0.1) is 0 Å². The fraction of sp³-hybridized carbons (Fsp3) is 0.545. The first kappa shape index (κ1) is 20.9. The summed E-state index contributed by atoms with van der Waals surface area (Å²) in [6.45, 7) is 0.735. The smallest absolute Gasteiger partial charge is 0.460 e. The Morgan fingerprint density at radius 1 is 1.04 bits per heavy atom. The van der Waals surface area contributed by atoms with E-state index in [9.17, 15) is 48.7 Å². The zero-order valence-electron chi connectivity index (χ0n) is 11.8. The van der Waals surface area contributed by atoms with Gasteiger partial charge in [-0.3, -0.25) is 0 Å². The Hall–Kier alpha value is -2.15. The molecule has 1 heterocycles. The molecule has 0 fully saturated rings. The van der Waals surface area contributed by atoms with Gasteiger partial charge < -0.3 is 4.74 Å². The minimum Gasteiger partial charge on any atom is -0.462 e. The predicted molar refractivity (Wildman–Crippen MR) is 57.9 cm³/mol. The molecule has 142 valence electrons. The molecule has 0 saturated carbocycles. The van der Waals surface area contributed by atoms with Crippen molar-refractivity contribution in [2.75, 3.05) is 6.61 Å². The van der Waals surface area contributed by atoms with Crippen molar-refractivity contribution in [3.63, 3.8) is 0 Å². The number of alkyl halides is 10. The molecule has 0 saturated heterocycles. The lowest BCUT2D eigenvalue weighted by atomic mass is 10.1. The molecule has 14 heteroatoms. The zero-order valence-corrected chi connectivity index (χ0v) is 11.8. The number of hydrogen-bond acceptors (Lipinski definition) is 4. The summed E-state index contributed by atoms with van der Waals surface area (Å²) in [7, 11) is 0. The second kappa shape index (κ2) is 6.29. The van der Waals surface area contributed by atoms with Gasteiger partial charge in [-0.25, -0.2) is 14.8 Å². The van der Waals surface area contributed by atoms with E-state index in [1.54, 1.807) is 0 Å². The van der Waals surface area contributed by atoms with Crippen molar-refractivity contribution < 1.29 is 53.4 Å². The third-order valence-electron chi connectivity index (χ3n) is 2.58. The summed E-state index contributed by atoms with van der Waals surface area (Å²) < 4.78 is 131. The van der Waals surface area contributed by atoms with Crippen LogP contribution in [0.1, 0.15) is 28.8 Å². The van der Waals surface area contributed by atoms with Crippen LogP contribution in [0.5, 0.6) is 0 Å². The minimum absolute atomic E-state index is 0.260. The van der Waals surface area contributed by atoms with Gasteiger partial charge in [-0.2, -0.15) is 43.9 Å². The van der Waals surface area contributed by atoms with Crippen LogP contribution in [0.25, 0.3) is 0 Å². The monoisotopic (exact) mass is 388 g/mol. The summed E-state index contributed by atoms with van der Waals surface area (Å²) in [6, 6.07) is 0. The number of nitrogens with zero attached hydrogens (tertiary/aromatic N) is 2. The first-order valence-corrected chi connectivity index (χ1v) is 6.01. The van der Waals surface area contributed by atoms with Crippen molar-refractivity contribution in [2.45, 2.75) is 31.1 Å². The van der Waals surface area contributed by atoms with Gasteiger partial charge in [0.2, 0.25) is 5.82 Å². The fourth-order valence-electron chi connectivity index (χ4n) is 1.43. The molecule has 0 spiro atoms. The number of aromatic nitrogens is 2. The van der Waals surface area contributed by atoms with E-state index in [0.29, 0.717) is 0 Å². The highest BCUT2D eigenvalue weighted by molar-refractivity contribution is 5.90. The standard InChI is InChI=1S/C11H6F10N2O2/c1-2-25-6(24)4-3-22-7(23-5(4)9(14,15)16)8(12,13)10(17,18)11(19,20)21/h3H,2H2,1H3. The minimum atomic E-state index is -6.79. The van der Waals surface area contributed by atoms with Crippen LogP contribution in [0.2, 0.25) is 0 Å². The fourth-order valence-corrected chi connectivity index (χ4v) is 1.43. The van der Waals surface area contributed by atoms with Crippen LogP contribution in [-0.2, 0) is 16.8 Å². The molecule has 0 aliphatic carbocycles. The van der Waals surface area contributed by atoms with Gasteiger partial charge in [-0.05, 0) is 6.92 Å². The Bertz CT molecular complexity index is 653. The molecule has 0 unspecified atom stereocenters. The van der Waals surface area contributed by atoms with Gasteiger partial charge in [0.25, 0.3) is 0 Å². The third kappa shape index (κ3) is 3.76. The number of halogens is 10. The zero-order chi connectivity index (χ0) is 19.8. The second-order valence-electron chi connectivity index (χ2n) is 4.32. The Morgan fingerprint density at radius 2 is 1.56 bits per heavy atom. The maximum atomic E-state index is 13.4. The molecule has 0 N–H and O–H groups in total. The molecule has 0 bridgehead atoms. The molecule has 25 heavy (non-hydrogen) atoms.